The number of carboxylic acid groups (broad SMARTS) is 2. The summed E-state index contributed by atoms with van der Waals surface area (Å²) in [5, 5.41) is 30.0. The second kappa shape index (κ2) is 8.29. The van der Waals surface area contributed by atoms with Crippen LogP contribution in [0.25, 0.3) is 0 Å². The maximum Gasteiger partial charge on any atom is 0.320 e. The molecule has 0 spiro atoms. The third kappa shape index (κ3) is 6.31. The van der Waals surface area contributed by atoms with Crippen molar-refractivity contribution in [2.45, 2.75) is 38.0 Å². The fraction of sp³-hybridized carbons (Fsp3) is 0.429. The van der Waals surface area contributed by atoms with E-state index in [2.05, 4.69) is 5.32 Å². The minimum absolute atomic E-state index is 0.0831. The molecular formula is C14H19NO5. The van der Waals surface area contributed by atoms with Crippen LogP contribution in [0.5, 0.6) is 0 Å². The predicted octanol–water partition coefficient (Wildman–Crippen LogP) is 0.845. The van der Waals surface area contributed by atoms with Crippen LogP contribution < -0.4 is 5.32 Å². The van der Waals surface area contributed by atoms with E-state index in [1.54, 1.807) is 0 Å². The molecule has 6 heteroatoms. The highest BCUT2D eigenvalue weighted by Gasteiger charge is 2.20. The van der Waals surface area contributed by atoms with Gasteiger partial charge in [0.1, 0.15) is 12.3 Å². The summed E-state index contributed by atoms with van der Waals surface area (Å²) in [5.41, 5.74) is 0.891. The summed E-state index contributed by atoms with van der Waals surface area (Å²) in [5.74, 6) is -2.05. The van der Waals surface area contributed by atoms with Gasteiger partial charge in [-0.2, -0.15) is 0 Å². The molecule has 0 heterocycles. The molecule has 0 fully saturated rings. The van der Waals surface area contributed by atoms with Gasteiger partial charge >= 0.3 is 11.9 Å². The summed E-state index contributed by atoms with van der Waals surface area (Å²) in [7, 11) is 0. The highest BCUT2D eigenvalue weighted by atomic mass is 16.4. The van der Waals surface area contributed by atoms with Gasteiger partial charge in [0, 0.05) is 12.8 Å². The number of hydrogen-bond acceptors (Lipinski definition) is 4. The van der Waals surface area contributed by atoms with Crippen LogP contribution in [0.2, 0.25) is 0 Å². The number of aliphatic carboxylic acids is 2. The maximum atomic E-state index is 11.0. The van der Waals surface area contributed by atoms with Gasteiger partial charge in [-0.25, -0.2) is 0 Å². The van der Waals surface area contributed by atoms with E-state index in [1.807, 2.05) is 30.3 Å². The van der Waals surface area contributed by atoms with Crippen LogP contribution in [0.15, 0.2) is 30.3 Å². The van der Waals surface area contributed by atoms with Gasteiger partial charge < -0.3 is 15.3 Å². The molecule has 0 saturated carbocycles. The average molecular weight is 281 g/mol. The molecule has 4 N–H and O–H groups in total. The van der Waals surface area contributed by atoms with Crippen molar-refractivity contribution in [2.75, 3.05) is 0 Å². The Balaban J connectivity index is 2.44. The van der Waals surface area contributed by atoms with Crippen LogP contribution in [0.3, 0.4) is 0 Å². The van der Waals surface area contributed by atoms with Crippen LogP contribution in [0.4, 0.5) is 0 Å². The lowest BCUT2D eigenvalue weighted by Gasteiger charge is -2.19. The summed E-state index contributed by atoms with van der Waals surface area (Å²) >= 11 is 0. The van der Waals surface area contributed by atoms with Crippen LogP contribution >= 0.6 is 0 Å². The zero-order valence-corrected chi connectivity index (χ0v) is 11.0. The first-order valence-corrected chi connectivity index (χ1v) is 6.41. The molecule has 2 atom stereocenters. The lowest BCUT2D eigenvalue weighted by atomic mass is 10.1. The van der Waals surface area contributed by atoms with Crippen molar-refractivity contribution in [1.29, 1.82) is 0 Å². The van der Waals surface area contributed by atoms with E-state index in [0.29, 0.717) is 6.42 Å². The quantitative estimate of drug-likeness (QED) is 0.500. The molecule has 1 aromatic carbocycles. The third-order valence-electron chi connectivity index (χ3n) is 2.85. The molecule has 0 radical (unpaired) electrons. The molecule has 0 saturated heterocycles. The summed E-state index contributed by atoms with van der Waals surface area (Å²) in [6.45, 7) is 0. The van der Waals surface area contributed by atoms with Crippen molar-refractivity contribution in [2.24, 2.45) is 0 Å². The third-order valence-corrected chi connectivity index (χ3v) is 2.85. The van der Waals surface area contributed by atoms with Gasteiger partial charge in [-0.15, -0.1) is 0 Å². The Morgan fingerprint density at radius 3 is 2.35 bits per heavy atom. The Morgan fingerprint density at radius 1 is 1.15 bits per heavy atom. The number of nitrogens with one attached hydrogen (secondary N) is 1. The normalized spacial score (nSPS) is 13.7. The first-order valence-electron chi connectivity index (χ1n) is 6.41. The topological polar surface area (TPSA) is 107 Å². The van der Waals surface area contributed by atoms with E-state index in [4.69, 9.17) is 10.2 Å². The van der Waals surface area contributed by atoms with Crippen molar-refractivity contribution in [3.63, 3.8) is 0 Å². The molecule has 1 aromatic rings. The molecule has 0 bridgehead atoms. The SMILES string of the molecule is O=C(O)CCCC(NC(O)Cc1ccccc1)C(=O)O. The van der Waals surface area contributed by atoms with Crippen molar-refractivity contribution in [3.8, 4) is 0 Å². The minimum atomic E-state index is -1.09. The Morgan fingerprint density at radius 2 is 1.80 bits per heavy atom. The van der Waals surface area contributed by atoms with Crippen LogP contribution in [-0.2, 0) is 16.0 Å². The van der Waals surface area contributed by atoms with Crippen LogP contribution in [0, 0.1) is 0 Å². The second-order valence-corrected chi connectivity index (χ2v) is 4.55. The van der Waals surface area contributed by atoms with E-state index >= 15 is 0 Å². The molecule has 0 amide bonds. The van der Waals surface area contributed by atoms with Crippen LogP contribution in [0.1, 0.15) is 24.8 Å². The van der Waals surface area contributed by atoms with Crippen molar-refractivity contribution >= 4 is 11.9 Å². The Kier molecular flexibility index (Phi) is 6.69. The number of hydrogen-bond donors (Lipinski definition) is 4. The Bertz CT molecular complexity index is 434. The van der Waals surface area contributed by atoms with Gasteiger partial charge in [-0.05, 0) is 18.4 Å². The van der Waals surface area contributed by atoms with Crippen molar-refractivity contribution < 1.29 is 24.9 Å². The molecule has 0 aliphatic rings. The molecular weight excluding hydrogens is 262 g/mol. The number of benzene rings is 1. The number of aliphatic hydroxyl groups excluding tert-OH is 1. The Labute approximate surface area is 117 Å². The number of aliphatic hydroxyl groups is 1. The highest BCUT2D eigenvalue weighted by molar-refractivity contribution is 5.73. The van der Waals surface area contributed by atoms with Gasteiger partial charge in [0.25, 0.3) is 0 Å². The van der Waals surface area contributed by atoms with Gasteiger partial charge in [0.15, 0.2) is 0 Å². The minimum Gasteiger partial charge on any atom is -0.481 e. The molecule has 0 aliphatic heterocycles. The van der Waals surface area contributed by atoms with Crippen molar-refractivity contribution in [3.05, 3.63) is 35.9 Å². The van der Waals surface area contributed by atoms with E-state index in [9.17, 15) is 14.7 Å². The van der Waals surface area contributed by atoms with Crippen LogP contribution in [-0.4, -0.2) is 39.5 Å². The molecule has 0 aliphatic carbocycles. The predicted molar refractivity (Wildman–Crippen MR) is 72.2 cm³/mol. The number of rotatable bonds is 9. The molecule has 2 unspecified atom stereocenters. The first-order chi connectivity index (χ1) is 9.49. The first kappa shape index (κ1) is 16.1. The molecule has 0 aromatic heterocycles. The van der Waals surface area contributed by atoms with Gasteiger partial charge in [-0.3, -0.25) is 14.9 Å². The lowest BCUT2D eigenvalue weighted by molar-refractivity contribution is -0.142. The standard InChI is InChI=1S/C14H19NO5/c16-12(9-10-5-2-1-3-6-10)15-11(14(19)20)7-4-8-13(17)18/h1-3,5-6,11-12,15-16H,4,7-9H2,(H,17,18)(H,19,20). The Hall–Kier alpha value is -1.92. The summed E-state index contributed by atoms with van der Waals surface area (Å²) in [6.07, 6.45) is -0.363. The summed E-state index contributed by atoms with van der Waals surface area (Å²) in [4.78, 5) is 21.4. The van der Waals surface area contributed by atoms with E-state index in [1.165, 1.54) is 0 Å². The zero-order valence-electron chi connectivity index (χ0n) is 11.0. The highest BCUT2D eigenvalue weighted by Crippen LogP contribution is 2.06. The molecule has 20 heavy (non-hydrogen) atoms. The lowest BCUT2D eigenvalue weighted by Crippen LogP contribution is -2.44. The number of carboxylic acids is 2. The fourth-order valence-electron chi connectivity index (χ4n) is 1.86. The fourth-order valence-corrected chi connectivity index (χ4v) is 1.86. The van der Waals surface area contributed by atoms with E-state index in [-0.39, 0.29) is 19.3 Å². The molecule has 6 nitrogen and oxygen atoms in total. The largest absolute Gasteiger partial charge is 0.481 e. The molecule has 110 valence electrons. The van der Waals surface area contributed by atoms with Gasteiger partial charge in [0.05, 0.1) is 0 Å². The van der Waals surface area contributed by atoms with E-state index in [0.717, 1.165) is 5.56 Å². The second-order valence-electron chi connectivity index (χ2n) is 4.55. The van der Waals surface area contributed by atoms with Gasteiger partial charge in [-0.1, -0.05) is 30.3 Å². The number of carbonyl (C=O) groups is 2. The average Bonchev–Trinajstić information content (AvgIpc) is 2.38. The monoisotopic (exact) mass is 281 g/mol. The van der Waals surface area contributed by atoms with Crippen molar-refractivity contribution in [1.82, 2.24) is 5.32 Å². The smallest absolute Gasteiger partial charge is 0.320 e. The summed E-state index contributed by atoms with van der Waals surface area (Å²) < 4.78 is 0. The van der Waals surface area contributed by atoms with Gasteiger partial charge in [0.2, 0.25) is 0 Å². The molecule has 1 rings (SSSR count). The van der Waals surface area contributed by atoms with E-state index < -0.39 is 24.2 Å². The summed E-state index contributed by atoms with van der Waals surface area (Å²) in [6, 6.07) is 8.26. The zero-order chi connectivity index (χ0) is 15.0. The maximum absolute atomic E-state index is 11.0.